The molecule has 6 aliphatic rings. The van der Waals surface area contributed by atoms with Crippen LogP contribution in [0.3, 0.4) is 0 Å². The van der Waals surface area contributed by atoms with Crippen LogP contribution in [0.15, 0.2) is 48.6 Å². The van der Waals surface area contributed by atoms with Crippen LogP contribution in [0, 0.1) is 29.6 Å². The van der Waals surface area contributed by atoms with Crippen LogP contribution in [0.2, 0.25) is 0 Å². The molecule has 2 saturated carbocycles. The Morgan fingerprint density at radius 1 is 1.05 bits per heavy atom. The van der Waals surface area contributed by atoms with Crippen molar-refractivity contribution >= 4 is 23.6 Å². The highest BCUT2D eigenvalue weighted by molar-refractivity contribution is 6.14. The number of ether oxygens (including phenoxy) is 5. The molecule has 2 aromatic carbocycles. The van der Waals surface area contributed by atoms with E-state index in [9.17, 15) is 27.9 Å². The number of fused-ring (bicyclic) bond motifs is 3. The Morgan fingerprint density at radius 3 is 2.35 bits per heavy atom. The minimum absolute atomic E-state index is 0.0296. The summed E-state index contributed by atoms with van der Waals surface area (Å²) >= 11 is 0. The summed E-state index contributed by atoms with van der Waals surface area (Å²) in [4.78, 5) is 57.6. The molecule has 3 heterocycles. The van der Waals surface area contributed by atoms with E-state index in [0.717, 1.165) is 19.2 Å². The fourth-order valence-corrected chi connectivity index (χ4v) is 11.2. The molecule has 11 nitrogen and oxygen atoms in total. The van der Waals surface area contributed by atoms with Crippen molar-refractivity contribution in [2.75, 3.05) is 14.2 Å². The number of Topliss-reactive ketones (excluding diaryl/α,β-unsaturated/α-hetero) is 1. The summed E-state index contributed by atoms with van der Waals surface area (Å²) < 4.78 is 74.7. The van der Waals surface area contributed by atoms with Gasteiger partial charge in [-0.3, -0.25) is 14.4 Å². The molecule has 3 fully saturated rings. The molecule has 1 amide bonds. The predicted molar refractivity (Wildman–Crippen MR) is 186 cm³/mol. The van der Waals surface area contributed by atoms with Crippen LogP contribution in [0.4, 0.5) is 13.2 Å². The molecule has 55 heavy (non-hydrogen) atoms. The first kappa shape index (κ1) is 37.6. The predicted octanol–water partition coefficient (Wildman–Crippen LogP) is 5.57. The zero-order valence-corrected chi connectivity index (χ0v) is 31.4. The molecule has 1 saturated heterocycles. The first-order chi connectivity index (χ1) is 25.9. The van der Waals surface area contributed by atoms with E-state index in [2.05, 4.69) is 5.32 Å². The summed E-state index contributed by atoms with van der Waals surface area (Å²) in [7, 11) is 2.22. The summed E-state index contributed by atoms with van der Waals surface area (Å²) in [5.74, 6) is -6.61. The van der Waals surface area contributed by atoms with Gasteiger partial charge in [0.1, 0.15) is 28.4 Å². The smallest absolute Gasteiger partial charge is 0.432 e. The van der Waals surface area contributed by atoms with E-state index < -0.39 is 81.1 Å². The summed E-state index contributed by atoms with van der Waals surface area (Å²) in [6.07, 6.45) is -3.86. The number of esters is 2. The van der Waals surface area contributed by atoms with E-state index in [4.69, 9.17) is 23.7 Å². The number of benzene rings is 2. The van der Waals surface area contributed by atoms with Crippen molar-refractivity contribution in [2.24, 2.45) is 22.7 Å². The lowest BCUT2D eigenvalue weighted by Gasteiger charge is -2.49. The van der Waals surface area contributed by atoms with Crippen molar-refractivity contribution < 1.29 is 61.1 Å². The van der Waals surface area contributed by atoms with Crippen molar-refractivity contribution in [2.45, 2.75) is 107 Å². The third kappa shape index (κ3) is 4.33. The van der Waals surface area contributed by atoms with Crippen molar-refractivity contribution in [1.29, 1.82) is 0 Å². The van der Waals surface area contributed by atoms with Crippen molar-refractivity contribution in [3.05, 3.63) is 76.4 Å². The van der Waals surface area contributed by atoms with Gasteiger partial charge in [-0.25, -0.2) is 4.79 Å². The van der Waals surface area contributed by atoms with Crippen LogP contribution >= 0.6 is 0 Å². The summed E-state index contributed by atoms with van der Waals surface area (Å²) in [5.41, 5.74) is -8.90. The van der Waals surface area contributed by atoms with Gasteiger partial charge in [0.15, 0.2) is 17.7 Å². The third-order valence-corrected chi connectivity index (χ3v) is 13.7. The quantitative estimate of drug-likeness (QED) is 0.283. The molecule has 14 heteroatoms. The van der Waals surface area contributed by atoms with E-state index in [0.29, 0.717) is 36.1 Å². The van der Waals surface area contributed by atoms with Crippen LogP contribution in [-0.2, 0) is 50.3 Å². The van der Waals surface area contributed by atoms with Crippen molar-refractivity contribution in [3.8, 4) is 5.75 Å². The number of rotatable bonds is 6. The number of allylic oxidation sites excluding steroid dienone is 1. The van der Waals surface area contributed by atoms with E-state index in [1.54, 1.807) is 26.0 Å². The van der Waals surface area contributed by atoms with Gasteiger partial charge in [0.05, 0.1) is 12.7 Å². The van der Waals surface area contributed by atoms with Gasteiger partial charge in [-0.2, -0.15) is 13.2 Å². The number of nitrogens with one attached hydrogen (secondary N) is 1. The summed E-state index contributed by atoms with van der Waals surface area (Å²) in [5, 5.41) is 15.9. The molecule has 8 rings (SSSR count). The lowest BCUT2D eigenvalue weighted by atomic mass is 9.60. The Kier molecular flexibility index (Phi) is 8.13. The summed E-state index contributed by atoms with van der Waals surface area (Å²) in [6, 6.07) is 8.05. The molecule has 3 aliphatic carbocycles. The highest BCUT2D eigenvalue weighted by Crippen LogP contribution is 2.87. The molecule has 2 aromatic rings. The Hall–Kier alpha value is -4.27. The Bertz CT molecular complexity index is 2050. The maximum Gasteiger partial charge on any atom is 0.432 e. The Balaban J connectivity index is 1.31. The van der Waals surface area contributed by atoms with Crippen molar-refractivity contribution in [3.63, 3.8) is 0 Å². The fourth-order valence-electron chi connectivity index (χ4n) is 11.2. The first-order valence-electron chi connectivity index (χ1n) is 18.7. The van der Waals surface area contributed by atoms with Crippen LogP contribution in [-0.4, -0.2) is 66.9 Å². The van der Waals surface area contributed by atoms with E-state index >= 15 is 9.59 Å². The lowest BCUT2D eigenvalue weighted by molar-refractivity contribution is -0.305. The Labute approximate surface area is 315 Å². The molecule has 2 N–H and O–H groups in total. The summed E-state index contributed by atoms with van der Waals surface area (Å²) in [6.45, 7) is 6.62. The number of amides is 1. The van der Waals surface area contributed by atoms with Gasteiger partial charge < -0.3 is 34.1 Å². The van der Waals surface area contributed by atoms with Crippen LogP contribution in [0.5, 0.6) is 5.75 Å². The van der Waals surface area contributed by atoms with Gasteiger partial charge >= 0.3 is 18.1 Å². The number of alkyl halides is 3. The molecule has 294 valence electrons. The number of ketones is 1. The number of carbonyl (C=O) groups is 4. The average molecular weight is 768 g/mol. The highest BCUT2D eigenvalue weighted by Gasteiger charge is 2.95. The van der Waals surface area contributed by atoms with Gasteiger partial charge in [-0.1, -0.05) is 43.3 Å². The standard InChI is InChI=1S/C41H44F3NO10/c1-7-23-13-14-26(54-34(49)39(52-6,41(42,43)44)24-11-9-8-10-12-24)22(3)53-33(48)35(4)27-20-28(46)45-38(27)32(47)25-19-21(2)31(51-5)30-29(25)40(35,36(38)17-18-36)55-37(30,50)16-15-23/h8-14,19,22-23,26-27,50H,7,15-18,20H2,1-6H3,(H,45,46)/b14-13+/t22-,23?,26-,27?,35?,37?,38+,39+,40+/m0/s1. The zero-order valence-electron chi connectivity index (χ0n) is 31.4. The van der Waals surface area contributed by atoms with Crippen LogP contribution < -0.4 is 10.1 Å². The molecule has 3 bridgehead atoms. The van der Waals surface area contributed by atoms with Gasteiger partial charge in [-0.15, -0.1) is 0 Å². The number of hydrogen-bond donors (Lipinski definition) is 2. The zero-order chi connectivity index (χ0) is 39.7. The monoisotopic (exact) mass is 767 g/mol. The second-order valence-electron chi connectivity index (χ2n) is 16.1. The van der Waals surface area contributed by atoms with E-state index in [1.807, 2.05) is 6.92 Å². The first-order valence-corrected chi connectivity index (χ1v) is 18.7. The molecular formula is C41H44F3NO10. The van der Waals surface area contributed by atoms with Crippen molar-refractivity contribution in [1.82, 2.24) is 5.32 Å². The number of aryl methyl sites for hydroxylation is 1. The number of halogens is 3. The van der Waals surface area contributed by atoms with E-state index in [1.165, 1.54) is 38.3 Å². The number of aliphatic hydroxyl groups is 1. The minimum Gasteiger partial charge on any atom is -0.496 e. The maximum atomic E-state index is 15.2. The largest absolute Gasteiger partial charge is 0.496 e. The molecule has 3 aliphatic heterocycles. The van der Waals surface area contributed by atoms with Gasteiger partial charge in [0.2, 0.25) is 5.91 Å². The SMILES string of the molecule is CCC1/C=C/[C@H](OC(=O)[C@](OC)(c2ccccc2)C(F)(F)F)[C@H](C)OC(=O)C2(C)C3CC(=O)N[C@@]34C(=O)c3cc(C)c(OC)c5c3[C@]2(OC5(O)CC1)C41CC1. The van der Waals surface area contributed by atoms with Gasteiger partial charge in [-0.05, 0) is 70.1 Å². The number of cyclic esters (lactones) is 1. The Morgan fingerprint density at radius 2 is 1.75 bits per heavy atom. The van der Waals surface area contributed by atoms with Gasteiger partial charge in [0, 0.05) is 48.0 Å². The number of carbonyl (C=O) groups excluding carboxylic acids is 4. The molecular weight excluding hydrogens is 723 g/mol. The van der Waals surface area contributed by atoms with Crippen LogP contribution in [0.1, 0.15) is 91.9 Å². The van der Waals surface area contributed by atoms with Gasteiger partial charge in [0.25, 0.3) is 5.60 Å². The molecule has 4 unspecified atom stereocenters. The van der Waals surface area contributed by atoms with Crippen LogP contribution in [0.25, 0.3) is 0 Å². The third-order valence-electron chi connectivity index (χ3n) is 13.7. The minimum atomic E-state index is -5.26. The second kappa shape index (κ2) is 11.9. The maximum absolute atomic E-state index is 15.2. The topological polar surface area (TPSA) is 147 Å². The molecule has 3 spiro atoms. The normalized spacial score (nSPS) is 37.1. The van der Waals surface area contributed by atoms with E-state index in [-0.39, 0.29) is 42.1 Å². The highest BCUT2D eigenvalue weighted by atomic mass is 19.4. The lowest BCUT2D eigenvalue weighted by Crippen LogP contribution is -2.63. The fraction of sp³-hybridized carbons (Fsp3) is 0.561. The molecule has 0 aromatic heterocycles. The molecule has 0 radical (unpaired) electrons. The number of methoxy groups -OCH3 is 2. The molecule has 9 atom stereocenters. The second-order valence-corrected chi connectivity index (χ2v) is 16.1. The average Bonchev–Trinajstić information content (AvgIpc) is 3.78. The number of hydrogen-bond acceptors (Lipinski definition) is 10.